The van der Waals surface area contributed by atoms with E-state index in [0.717, 1.165) is 57.9 Å². The fourth-order valence-electron chi connectivity index (χ4n) is 3.65. The highest BCUT2D eigenvalue weighted by molar-refractivity contribution is 7.16. The summed E-state index contributed by atoms with van der Waals surface area (Å²) in [6.07, 6.45) is 2.04. The van der Waals surface area contributed by atoms with Gasteiger partial charge in [0.25, 0.3) is 0 Å². The third-order valence-corrected chi connectivity index (χ3v) is 6.04. The summed E-state index contributed by atoms with van der Waals surface area (Å²) < 4.78 is 17.3. The van der Waals surface area contributed by atoms with E-state index in [9.17, 15) is 4.39 Å². The van der Waals surface area contributed by atoms with E-state index < -0.39 is 0 Å². The largest absolute Gasteiger partial charge is 0.327 e. The second-order valence-corrected chi connectivity index (χ2v) is 7.89. The quantitative estimate of drug-likeness (QED) is 0.433. The summed E-state index contributed by atoms with van der Waals surface area (Å²) in [5, 5.41) is 0.394. The van der Waals surface area contributed by atoms with Gasteiger partial charge in [-0.15, -0.1) is 11.3 Å². The summed E-state index contributed by atoms with van der Waals surface area (Å²) in [6, 6.07) is 9.45. The number of fused-ring (bicyclic) bond motifs is 2. The van der Waals surface area contributed by atoms with Gasteiger partial charge in [-0.05, 0) is 43.2 Å². The van der Waals surface area contributed by atoms with E-state index >= 15 is 0 Å². The number of benzene rings is 2. The van der Waals surface area contributed by atoms with Crippen LogP contribution in [-0.4, -0.2) is 14.5 Å². The van der Waals surface area contributed by atoms with Gasteiger partial charge in [-0.2, -0.15) is 0 Å². The first kappa shape index (κ1) is 16.0. The fraction of sp³-hybridized carbons (Fsp3) is 0.200. The van der Waals surface area contributed by atoms with Crippen molar-refractivity contribution in [2.45, 2.75) is 26.3 Å². The van der Waals surface area contributed by atoms with E-state index in [4.69, 9.17) is 16.6 Å². The zero-order valence-corrected chi connectivity index (χ0v) is 15.7. The number of aromatic nitrogens is 3. The third-order valence-electron chi connectivity index (χ3n) is 4.94. The van der Waals surface area contributed by atoms with Crippen LogP contribution in [-0.2, 0) is 13.0 Å². The van der Waals surface area contributed by atoms with E-state index in [2.05, 4.69) is 21.7 Å². The Morgan fingerprint density at radius 3 is 3.00 bits per heavy atom. The molecule has 0 saturated heterocycles. The molecule has 0 saturated carbocycles. The van der Waals surface area contributed by atoms with E-state index in [1.165, 1.54) is 6.07 Å². The average molecular weight is 384 g/mol. The minimum atomic E-state index is -0.293. The van der Waals surface area contributed by atoms with Gasteiger partial charge in [-0.25, -0.2) is 14.4 Å². The average Bonchev–Trinajstić information content (AvgIpc) is 3.32. The van der Waals surface area contributed by atoms with E-state index in [1.807, 2.05) is 11.6 Å². The van der Waals surface area contributed by atoms with Crippen molar-refractivity contribution in [3.8, 4) is 22.5 Å². The number of nitrogens with zero attached hydrogens (tertiary/aromatic N) is 3. The Labute approximate surface area is 159 Å². The van der Waals surface area contributed by atoms with E-state index in [0.29, 0.717) is 10.6 Å². The van der Waals surface area contributed by atoms with Gasteiger partial charge in [-0.1, -0.05) is 17.7 Å². The molecule has 5 rings (SSSR count). The molecule has 0 unspecified atom stereocenters. The number of halogens is 2. The van der Waals surface area contributed by atoms with Gasteiger partial charge in [0, 0.05) is 24.1 Å². The Morgan fingerprint density at radius 2 is 2.12 bits per heavy atom. The van der Waals surface area contributed by atoms with Crippen molar-refractivity contribution in [3.05, 3.63) is 58.1 Å². The van der Waals surface area contributed by atoms with Crippen molar-refractivity contribution in [1.29, 1.82) is 0 Å². The Kier molecular flexibility index (Phi) is 3.62. The van der Waals surface area contributed by atoms with Crippen LogP contribution >= 0.6 is 22.9 Å². The molecule has 130 valence electrons. The minimum Gasteiger partial charge on any atom is -0.327 e. The molecule has 2 aromatic heterocycles. The predicted octanol–water partition coefficient (Wildman–Crippen LogP) is 5.87. The van der Waals surface area contributed by atoms with Crippen LogP contribution in [0, 0.1) is 12.7 Å². The maximum absolute atomic E-state index is 13.9. The summed E-state index contributed by atoms with van der Waals surface area (Å²) >= 11 is 8.02. The molecule has 2 aromatic carbocycles. The first-order chi connectivity index (χ1) is 12.6. The SMILES string of the molecule is Cc1cc(-c2nc3n(c2-c2ccc4ncsc4c2)CCC3)c(Cl)cc1F. The minimum absolute atomic E-state index is 0.293. The molecule has 0 radical (unpaired) electrons. The summed E-state index contributed by atoms with van der Waals surface area (Å²) in [4.78, 5) is 9.24. The molecule has 6 heteroatoms. The second kappa shape index (κ2) is 5.89. The lowest BCUT2D eigenvalue weighted by Crippen LogP contribution is -1.97. The van der Waals surface area contributed by atoms with Crippen LogP contribution in [0.5, 0.6) is 0 Å². The molecular formula is C20H15ClFN3S. The van der Waals surface area contributed by atoms with E-state index in [1.54, 1.807) is 24.3 Å². The van der Waals surface area contributed by atoms with Crippen LogP contribution < -0.4 is 0 Å². The van der Waals surface area contributed by atoms with Crippen molar-refractivity contribution >= 4 is 33.2 Å². The molecule has 0 N–H and O–H groups in total. The first-order valence-electron chi connectivity index (χ1n) is 8.51. The first-order valence-corrected chi connectivity index (χ1v) is 9.76. The van der Waals surface area contributed by atoms with Gasteiger partial charge < -0.3 is 4.57 Å². The number of aryl methyl sites for hydroxylation is 2. The topological polar surface area (TPSA) is 30.7 Å². The standard InChI is InChI=1S/C20H15ClFN3S/c1-11-7-13(14(21)9-15(11)22)19-20(25-6-2-3-18(25)24-19)12-4-5-16-17(8-12)26-10-23-16/h4-5,7-10H,2-3,6H2,1H3. The monoisotopic (exact) mass is 383 g/mol. The van der Waals surface area contributed by atoms with Crippen LogP contribution in [0.2, 0.25) is 5.02 Å². The van der Waals surface area contributed by atoms with Crippen LogP contribution in [0.4, 0.5) is 4.39 Å². The molecule has 26 heavy (non-hydrogen) atoms. The van der Waals surface area contributed by atoms with Crippen molar-refractivity contribution in [2.75, 3.05) is 0 Å². The molecular weight excluding hydrogens is 369 g/mol. The predicted molar refractivity (Wildman–Crippen MR) is 104 cm³/mol. The molecule has 0 amide bonds. The number of hydrogen-bond acceptors (Lipinski definition) is 3. The van der Waals surface area contributed by atoms with Crippen molar-refractivity contribution in [3.63, 3.8) is 0 Å². The van der Waals surface area contributed by atoms with Crippen LogP contribution in [0.15, 0.2) is 35.8 Å². The molecule has 1 aliphatic rings. The molecule has 0 fully saturated rings. The highest BCUT2D eigenvalue weighted by Gasteiger charge is 2.25. The van der Waals surface area contributed by atoms with Crippen LogP contribution in [0.1, 0.15) is 17.8 Å². The second-order valence-electron chi connectivity index (χ2n) is 6.60. The Hall–Kier alpha value is -2.24. The lowest BCUT2D eigenvalue weighted by molar-refractivity contribution is 0.619. The van der Waals surface area contributed by atoms with Gasteiger partial charge in [-0.3, -0.25) is 0 Å². The third kappa shape index (κ3) is 2.38. The summed E-state index contributed by atoms with van der Waals surface area (Å²) in [6.45, 7) is 2.69. The number of thiazole rings is 1. The number of hydrogen-bond donors (Lipinski definition) is 0. The zero-order chi connectivity index (χ0) is 17.8. The summed E-state index contributed by atoms with van der Waals surface area (Å²) in [7, 11) is 0. The van der Waals surface area contributed by atoms with Gasteiger partial charge in [0.05, 0.1) is 32.1 Å². The maximum Gasteiger partial charge on any atom is 0.127 e. The summed E-state index contributed by atoms with van der Waals surface area (Å²) in [5.41, 5.74) is 7.19. The van der Waals surface area contributed by atoms with Gasteiger partial charge in [0.15, 0.2) is 0 Å². The molecule has 0 atom stereocenters. The normalized spacial score (nSPS) is 13.5. The molecule has 0 aliphatic carbocycles. The highest BCUT2D eigenvalue weighted by atomic mass is 35.5. The van der Waals surface area contributed by atoms with Crippen LogP contribution in [0.3, 0.4) is 0 Å². The van der Waals surface area contributed by atoms with E-state index in [-0.39, 0.29) is 5.82 Å². The summed E-state index contributed by atoms with van der Waals surface area (Å²) in [5.74, 6) is 0.774. The van der Waals surface area contributed by atoms with Crippen LogP contribution in [0.25, 0.3) is 32.7 Å². The Bertz CT molecular complexity index is 1160. The van der Waals surface area contributed by atoms with Gasteiger partial charge in [0.2, 0.25) is 0 Å². The number of imidazole rings is 1. The molecule has 4 aromatic rings. The van der Waals surface area contributed by atoms with Crippen molar-refractivity contribution in [2.24, 2.45) is 0 Å². The highest BCUT2D eigenvalue weighted by Crippen LogP contribution is 2.40. The molecule has 0 bridgehead atoms. The molecule has 3 heterocycles. The molecule has 0 spiro atoms. The Balaban J connectivity index is 1.78. The van der Waals surface area contributed by atoms with Crippen molar-refractivity contribution < 1.29 is 4.39 Å². The lowest BCUT2D eigenvalue weighted by atomic mass is 10.0. The van der Waals surface area contributed by atoms with Gasteiger partial charge in [0.1, 0.15) is 11.6 Å². The lowest BCUT2D eigenvalue weighted by Gasteiger charge is -2.11. The zero-order valence-electron chi connectivity index (χ0n) is 14.1. The smallest absolute Gasteiger partial charge is 0.127 e. The Morgan fingerprint density at radius 1 is 1.23 bits per heavy atom. The maximum atomic E-state index is 13.9. The van der Waals surface area contributed by atoms with Gasteiger partial charge >= 0.3 is 0 Å². The number of rotatable bonds is 2. The van der Waals surface area contributed by atoms with Crippen molar-refractivity contribution in [1.82, 2.24) is 14.5 Å². The fourth-order valence-corrected chi connectivity index (χ4v) is 4.60. The molecule has 3 nitrogen and oxygen atoms in total. The molecule has 1 aliphatic heterocycles.